The Balaban J connectivity index is 1.47. The normalized spacial score (nSPS) is 11.2. The molecule has 2 aromatic heterocycles. The third kappa shape index (κ3) is 4.30. The van der Waals surface area contributed by atoms with Crippen molar-refractivity contribution in [2.75, 3.05) is 5.32 Å². The second kappa shape index (κ2) is 8.19. The monoisotopic (exact) mass is 431 g/mol. The molecule has 0 fully saturated rings. The molecule has 0 bridgehead atoms. The fourth-order valence-electron chi connectivity index (χ4n) is 3.15. The highest BCUT2D eigenvalue weighted by Crippen LogP contribution is 2.31. The average Bonchev–Trinajstić information content (AvgIpc) is 3.25. The maximum atomic E-state index is 13.5. The molecule has 0 saturated heterocycles. The second-order valence-corrected chi connectivity index (χ2v) is 7.76. The molecule has 0 aliphatic carbocycles. The Kier molecular flexibility index (Phi) is 5.45. The Morgan fingerprint density at radius 1 is 1.23 bits per heavy atom. The van der Waals surface area contributed by atoms with Crippen LogP contribution in [0.2, 0.25) is 0 Å². The topological polar surface area (TPSA) is 67.0 Å². The highest BCUT2D eigenvalue weighted by Gasteiger charge is 2.15. The maximum Gasteiger partial charge on any atom is 0.387 e. The van der Waals surface area contributed by atoms with Crippen LogP contribution in [0.4, 0.5) is 18.3 Å². The van der Waals surface area contributed by atoms with E-state index in [0.717, 1.165) is 16.0 Å². The van der Waals surface area contributed by atoms with Gasteiger partial charge in [0.05, 0.1) is 12.1 Å². The number of carbonyl (C=O) groups is 1. The number of thiazole rings is 1. The van der Waals surface area contributed by atoms with Gasteiger partial charge in [-0.05, 0) is 55.0 Å². The third-order valence-electron chi connectivity index (χ3n) is 4.48. The summed E-state index contributed by atoms with van der Waals surface area (Å²) < 4.78 is 42.4. The molecule has 4 aromatic rings. The van der Waals surface area contributed by atoms with Gasteiger partial charge in [-0.3, -0.25) is 4.79 Å². The van der Waals surface area contributed by atoms with Crippen LogP contribution < -0.4 is 10.1 Å². The number of ether oxygens (including phenoxy) is 1. The summed E-state index contributed by atoms with van der Waals surface area (Å²) in [6, 6.07) is 10.5. The first-order valence-corrected chi connectivity index (χ1v) is 9.79. The Morgan fingerprint density at radius 2 is 2.00 bits per heavy atom. The van der Waals surface area contributed by atoms with Crippen molar-refractivity contribution in [2.24, 2.45) is 0 Å². The number of aryl methyl sites for hydroxylation is 1. The van der Waals surface area contributed by atoms with Gasteiger partial charge in [-0.2, -0.15) is 8.78 Å². The zero-order valence-corrected chi connectivity index (χ0v) is 16.5. The minimum atomic E-state index is -2.88. The Bertz CT molecular complexity index is 1200. The van der Waals surface area contributed by atoms with E-state index in [4.69, 9.17) is 0 Å². The van der Waals surface area contributed by atoms with Gasteiger partial charge in [0.25, 0.3) is 0 Å². The molecule has 0 spiro atoms. The highest BCUT2D eigenvalue weighted by atomic mass is 32.1. The van der Waals surface area contributed by atoms with Crippen LogP contribution in [-0.2, 0) is 11.2 Å². The molecule has 4 rings (SSSR count). The molecule has 2 aromatic carbocycles. The van der Waals surface area contributed by atoms with Crippen molar-refractivity contribution in [1.29, 1.82) is 0 Å². The van der Waals surface area contributed by atoms with Crippen LogP contribution >= 0.6 is 11.3 Å². The van der Waals surface area contributed by atoms with Gasteiger partial charge in [0.1, 0.15) is 11.6 Å². The number of amides is 1. The second-order valence-electron chi connectivity index (χ2n) is 6.56. The summed E-state index contributed by atoms with van der Waals surface area (Å²) in [5.74, 6) is -0.583. The van der Waals surface area contributed by atoms with E-state index in [0.29, 0.717) is 21.8 Å². The number of hydrogen-bond donors (Lipinski definition) is 2. The van der Waals surface area contributed by atoms with E-state index in [2.05, 4.69) is 20.0 Å². The predicted octanol–water partition coefficient (Wildman–Crippen LogP) is 5.52. The molecule has 0 unspecified atom stereocenters. The fourth-order valence-corrected chi connectivity index (χ4v) is 4.00. The molecule has 5 nitrogen and oxygen atoms in total. The van der Waals surface area contributed by atoms with E-state index in [-0.39, 0.29) is 23.9 Å². The maximum absolute atomic E-state index is 13.5. The molecule has 0 aliphatic rings. The summed E-state index contributed by atoms with van der Waals surface area (Å²) in [5, 5.41) is 3.85. The van der Waals surface area contributed by atoms with E-state index >= 15 is 0 Å². The molecule has 0 radical (unpaired) electrons. The van der Waals surface area contributed by atoms with Crippen LogP contribution in [0.3, 0.4) is 0 Å². The number of fused-ring (bicyclic) bond motifs is 1. The first-order valence-electron chi connectivity index (χ1n) is 8.97. The summed E-state index contributed by atoms with van der Waals surface area (Å²) in [7, 11) is 0. The van der Waals surface area contributed by atoms with Gasteiger partial charge in [0, 0.05) is 27.5 Å². The summed E-state index contributed by atoms with van der Waals surface area (Å²) in [6.45, 7) is -1.03. The van der Waals surface area contributed by atoms with Crippen LogP contribution in [0.25, 0.3) is 22.2 Å². The summed E-state index contributed by atoms with van der Waals surface area (Å²) in [6.07, 6.45) is 1.75. The molecule has 154 valence electrons. The number of H-pyrrole nitrogens is 1. The largest absolute Gasteiger partial charge is 0.435 e. The molecule has 0 aliphatic heterocycles. The Hall–Kier alpha value is -3.33. The van der Waals surface area contributed by atoms with Crippen molar-refractivity contribution < 1.29 is 22.7 Å². The van der Waals surface area contributed by atoms with Crippen molar-refractivity contribution in [3.05, 3.63) is 64.9 Å². The lowest BCUT2D eigenvalue weighted by Gasteiger charge is -2.05. The van der Waals surface area contributed by atoms with E-state index in [9.17, 15) is 18.0 Å². The van der Waals surface area contributed by atoms with E-state index in [1.165, 1.54) is 35.6 Å². The molecule has 2 N–H and O–H groups in total. The van der Waals surface area contributed by atoms with Gasteiger partial charge in [0.2, 0.25) is 5.91 Å². The number of nitrogens with zero attached hydrogens (tertiary/aromatic N) is 1. The number of aromatic amines is 1. The van der Waals surface area contributed by atoms with Crippen LogP contribution in [0.15, 0.2) is 48.7 Å². The number of anilines is 1. The number of aromatic nitrogens is 2. The average molecular weight is 431 g/mol. The van der Waals surface area contributed by atoms with Crippen molar-refractivity contribution in [1.82, 2.24) is 9.97 Å². The molecule has 0 atom stereocenters. The first-order chi connectivity index (χ1) is 14.4. The Labute approximate surface area is 173 Å². The van der Waals surface area contributed by atoms with Gasteiger partial charge in [-0.15, -0.1) is 11.3 Å². The number of halogens is 3. The number of carbonyl (C=O) groups excluding carboxylic acids is 1. The number of benzene rings is 2. The van der Waals surface area contributed by atoms with Gasteiger partial charge >= 0.3 is 6.61 Å². The minimum Gasteiger partial charge on any atom is -0.435 e. The zero-order valence-electron chi connectivity index (χ0n) is 15.7. The van der Waals surface area contributed by atoms with E-state index in [1.807, 2.05) is 6.92 Å². The lowest BCUT2D eigenvalue weighted by Crippen LogP contribution is -2.14. The highest BCUT2D eigenvalue weighted by molar-refractivity contribution is 7.16. The predicted molar refractivity (Wildman–Crippen MR) is 110 cm³/mol. The van der Waals surface area contributed by atoms with Gasteiger partial charge in [0.15, 0.2) is 5.13 Å². The van der Waals surface area contributed by atoms with Crippen molar-refractivity contribution in [2.45, 2.75) is 20.0 Å². The van der Waals surface area contributed by atoms with Crippen LogP contribution in [-0.4, -0.2) is 22.5 Å². The van der Waals surface area contributed by atoms with Crippen LogP contribution in [0.1, 0.15) is 10.4 Å². The number of alkyl halides is 2. The van der Waals surface area contributed by atoms with Gasteiger partial charge in [-0.1, -0.05) is 0 Å². The van der Waals surface area contributed by atoms with Crippen molar-refractivity contribution in [3.8, 4) is 17.0 Å². The molecule has 2 heterocycles. The van der Waals surface area contributed by atoms with Crippen molar-refractivity contribution in [3.63, 3.8) is 0 Å². The summed E-state index contributed by atoms with van der Waals surface area (Å²) in [5.41, 5.74) is 2.81. The molecule has 30 heavy (non-hydrogen) atoms. The quantitative estimate of drug-likeness (QED) is 0.422. The SMILES string of the molecule is Cc1sc(NC(=O)Cc2c[nH]c3ccc(F)cc23)nc1-c1ccc(OC(F)F)cc1. The lowest BCUT2D eigenvalue weighted by molar-refractivity contribution is -0.115. The fraction of sp³-hybridized carbons (Fsp3) is 0.143. The van der Waals surface area contributed by atoms with Crippen LogP contribution in [0, 0.1) is 12.7 Å². The minimum absolute atomic E-state index is 0.0605. The molecular formula is C21H16F3N3O2S. The van der Waals surface area contributed by atoms with Gasteiger partial charge < -0.3 is 15.0 Å². The van der Waals surface area contributed by atoms with Crippen LogP contribution in [0.5, 0.6) is 5.75 Å². The van der Waals surface area contributed by atoms with Crippen molar-refractivity contribution >= 4 is 33.3 Å². The molecule has 0 saturated carbocycles. The number of nitrogens with one attached hydrogen (secondary N) is 2. The molecule has 1 amide bonds. The standard InChI is InChI=1S/C21H16F3N3O2S/c1-11-19(12-2-5-15(6-3-12)29-20(23)24)27-21(30-11)26-18(28)8-13-10-25-17-7-4-14(22)9-16(13)17/h2-7,9-10,20,25H,8H2,1H3,(H,26,27,28). The first kappa shape index (κ1) is 20.0. The lowest BCUT2D eigenvalue weighted by atomic mass is 10.1. The number of rotatable bonds is 6. The zero-order chi connectivity index (χ0) is 21.3. The van der Waals surface area contributed by atoms with E-state index in [1.54, 1.807) is 24.4 Å². The third-order valence-corrected chi connectivity index (χ3v) is 5.36. The number of hydrogen-bond acceptors (Lipinski definition) is 4. The summed E-state index contributed by atoms with van der Waals surface area (Å²) in [4.78, 5) is 20.8. The van der Waals surface area contributed by atoms with Gasteiger partial charge in [-0.25, -0.2) is 9.37 Å². The molecule has 9 heteroatoms. The Morgan fingerprint density at radius 3 is 2.73 bits per heavy atom. The molecular weight excluding hydrogens is 415 g/mol. The summed E-state index contributed by atoms with van der Waals surface area (Å²) >= 11 is 1.31. The van der Waals surface area contributed by atoms with E-state index < -0.39 is 6.61 Å². The smallest absolute Gasteiger partial charge is 0.387 e.